The van der Waals surface area contributed by atoms with Gasteiger partial charge in [0.25, 0.3) is 5.91 Å². The summed E-state index contributed by atoms with van der Waals surface area (Å²) in [6.07, 6.45) is -4.52. The van der Waals surface area contributed by atoms with Crippen molar-refractivity contribution < 1.29 is 22.8 Å². The number of hydrogen-bond acceptors (Lipinski definition) is 4. The summed E-state index contributed by atoms with van der Waals surface area (Å²) in [4.78, 5) is 24.6. The van der Waals surface area contributed by atoms with Crippen LogP contribution in [0.25, 0.3) is 5.69 Å². The van der Waals surface area contributed by atoms with Crippen molar-refractivity contribution in [1.29, 1.82) is 0 Å². The van der Waals surface area contributed by atoms with Gasteiger partial charge in [0, 0.05) is 15.7 Å². The lowest BCUT2D eigenvalue weighted by Gasteiger charge is -2.29. The Hall–Kier alpha value is -2.89. The molecular formula is C23H20F3IN4O2. The normalized spacial score (nSPS) is 15.3. The predicted molar refractivity (Wildman–Crippen MR) is 126 cm³/mol. The Morgan fingerprint density at radius 1 is 1.15 bits per heavy atom. The summed E-state index contributed by atoms with van der Waals surface area (Å²) in [6, 6.07) is 11.8. The summed E-state index contributed by atoms with van der Waals surface area (Å²) < 4.78 is 43.4. The number of Topliss-reactive ketones (excluding diaryl/α,β-unsaturated/α-hetero) is 1. The fraction of sp³-hybridized carbons (Fsp3) is 0.261. The number of anilines is 2. The molecule has 4 rings (SSSR count). The maximum absolute atomic E-state index is 13.7. The Labute approximate surface area is 201 Å². The van der Waals surface area contributed by atoms with E-state index in [1.54, 1.807) is 12.1 Å². The second-order valence-electron chi connectivity index (χ2n) is 8.75. The lowest BCUT2D eigenvalue weighted by Crippen LogP contribution is -2.29. The van der Waals surface area contributed by atoms with Gasteiger partial charge in [0.2, 0.25) is 0 Å². The summed E-state index contributed by atoms with van der Waals surface area (Å²) in [7, 11) is 0. The molecule has 1 amide bonds. The van der Waals surface area contributed by atoms with E-state index in [0.29, 0.717) is 11.4 Å². The second kappa shape index (κ2) is 8.15. The molecule has 10 heteroatoms. The van der Waals surface area contributed by atoms with Gasteiger partial charge in [-0.1, -0.05) is 13.8 Å². The third-order valence-corrected chi connectivity index (χ3v) is 6.17. The molecule has 0 spiro atoms. The second-order valence-corrected chi connectivity index (χ2v) is 9.99. The van der Waals surface area contributed by atoms with Gasteiger partial charge < -0.3 is 11.1 Å². The lowest BCUT2D eigenvalue weighted by molar-refractivity contribution is -0.141. The fourth-order valence-corrected chi connectivity index (χ4v) is 4.39. The summed E-state index contributed by atoms with van der Waals surface area (Å²) >= 11 is 2.16. The zero-order valence-corrected chi connectivity index (χ0v) is 19.9. The van der Waals surface area contributed by atoms with Crippen molar-refractivity contribution >= 4 is 45.7 Å². The van der Waals surface area contributed by atoms with Crippen molar-refractivity contribution in [3.05, 3.63) is 68.5 Å². The van der Waals surface area contributed by atoms with Crippen molar-refractivity contribution in [2.75, 3.05) is 5.32 Å². The average Bonchev–Trinajstić information content (AvgIpc) is 3.08. The minimum atomic E-state index is -4.78. The molecule has 0 saturated heterocycles. The maximum Gasteiger partial charge on any atom is 0.435 e. The van der Waals surface area contributed by atoms with Gasteiger partial charge in [0.1, 0.15) is 0 Å². The largest absolute Gasteiger partial charge is 0.435 e. The summed E-state index contributed by atoms with van der Waals surface area (Å²) in [5.41, 5.74) is 5.07. The first kappa shape index (κ1) is 23.3. The molecule has 0 aliphatic heterocycles. The molecule has 6 nitrogen and oxygen atoms in total. The minimum Gasteiger partial charge on any atom is -0.366 e. The zero-order chi connectivity index (χ0) is 24.1. The number of ketones is 1. The molecule has 1 heterocycles. The van der Waals surface area contributed by atoms with Crippen molar-refractivity contribution in [2.24, 2.45) is 11.1 Å². The van der Waals surface area contributed by atoms with Crippen LogP contribution in [-0.2, 0) is 12.6 Å². The highest BCUT2D eigenvalue weighted by Crippen LogP contribution is 2.42. The van der Waals surface area contributed by atoms with Gasteiger partial charge in [-0.3, -0.25) is 9.59 Å². The number of primary amides is 1. The maximum atomic E-state index is 13.7. The monoisotopic (exact) mass is 572 g/mol. The number of alkyl halides is 3. The molecule has 0 atom stereocenters. The van der Waals surface area contributed by atoms with Crippen LogP contribution in [0.3, 0.4) is 0 Å². The van der Waals surface area contributed by atoms with Gasteiger partial charge in [-0.25, -0.2) is 4.68 Å². The average molecular weight is 572 g/mol. The first-order valence-corrected chi connectivity index (χ1v) is 11.1. The van der Waals surface area contributed by atoms with Crippen LogP contribution in [0.1, 0.15) is 52.4 Å². The Kier molecular flexibility index (Phi) is 5.75. The Bertz CT molecular complexity index is 1260. The van der Waals surface area contributed by atoms with Crippen molar-refractivity contribution in [3.63, 3.8) is 0 Å². The molecule has 1 aliphatic rings. The van der Waals surface area contributed by atoms with Gasteiger partial charge in [-0.05, 0) is 76.9 Å². The number of nitrogens with two attached hydrogens (primary N) is 1. The summed E-state index contributed by atoms with van der Waals surface area (Å²) in [5, 5.41) is 6.91. The fourth-order valence-electron chi connectivity index (χ4n) is 4.03. The Morgan fingerprint density at radius 2 is 1.82 bits per heavy atom. The summed E-state index contributed by atoms with van der Waals surface area (Å²) in [5.74, 6) is -1.27. The number of nitrogens with one attached hydrogen (secondary N) is 1. The van der Waals surface area contributed by atoms with Crippen LogP contribution in [0.2, 0.25) is 0 Å². The highest BCUT2D eigenvalue weighted by atomic mass is 131. The Morgan fingerprint density at radius 3 is 2.42 bits per heavy atom. The van der Waals surface area contributed by atoms with E-state index in [2.05, 4.69) is 33.0 Å². The standard InChI is InChI=1S/C23H20F3IN4O2/c1-22(2)10-17-19(18(32)11-22)20(23(24,25)26)30-31(17)14-7-8-15(21(28)33)16(9-14)29-13-5-3-12(27)4-6-13/h3-9,29H,10-11H2,1-2H3,(H2,28,33)/i27+4. The van der Waals surface area contributed by atoms with Gasteiger partial charge >= 0.3 is 6.18 Å². The van der Waals surface area contributed by atoms with Gasteiger partial charge in [0.05, 0.1) is 28.2 Å². The van der Waals surface area contributed by atoms with E-state index in [1.807, 2.05) is 26.0 Å². The van der Waals surface area contributed by atoms with Crippen molar-refractivity contribution in [2.45, 2.75) is 32.9 Å². The SMILES string of the molecule is CC1(C)CC(=O)c2c(C(F)(F)F)nn(-c3ccc(C(N)=O)c(Nc4ccc([131I])cc4)c3)c2C1. The third-order valence-electron chi connectivity index (χ3n) is 5.45. The molecule has 0 radical (unpaired) electrons. The molecule has 0 saturated carbocycles. The van der Waals surface area contributed by atoms with Gasteiger partial charge in [-0.2, -0.15) is 18.3 Å². The van der Waals surface area contributed by atoms with Crippen molar-refractivity contribution in [1.82, 2.24) is 9.78 Å². The number of carbonyl (C=O) groups is 2. The highest BCUT2D eigenvalue weighted by Gasteiger charge is 2.45. The molecule has 0 unspecified atom stereocenters. The number of benzene rings is 2. The number of nitrogens with zero attached hydrogens (tertiary/aromatic N) is 2. The first-order chi connectivity index (χ1) is 15.4. The lowest BCUT2D eigenvalue weighted by atomic mass is 9.75. The molecule has 2 aromatic carbocycles. The molecule has 0 bridgehead atoms. The number of rotatable bonds is 4. The molecule has 0 fully saturated rings. The van der Waals surface area contributed by atoms with E-state index in [1.165, 1.54) is 18.2 Å². The van der Waals surface area contributed by atoms with E-state index in [4.69, 9.17) is 5.73 Å². The molecule has 3 aromatic rings. The van der Waals surface area contributed by atoms with Crippen LogP contribution in [0.15, 0.2) is 42.5 Å². The molecule has 172 valence electrons. The number of halogens is 4. The highest BCUT2D eigenvalue weighted by molar-refractivity contribution is 14.1. The quantitative estimate of drug-likeness (QED) is 0.405. The van der Waals surface area contributed by atoms with Crippen LogP contribution >= 0.6 is 22.6 Å². The van der Waals surface area contributed by atoms with E-state index in [9.17, 15) is 22.8 Å². The van der Waals surface area contributed by atoms with E-state index in [-0.39, 0.29) is 35.3 Å². The molecule has 33 heavy (non-hydrogen) atoms. The zero-order valence-electron chi connectivity index (χ0n) is 17.8. The van der Waals surface area contributed by atoms with Gasteiger partial charge in [-0.15, -0.1) is 0 Å². The topological polar surface area (TPSA) is 90.0 Å². The number of aromatic nitrogens is 2. The Balaban J connectivity index is 1.88. The third kappa shape index (κ3) is 4.61. The van der Waals surface area contributed by atoms with Crippen LogP contribution in [0, 0.1) is 8.99 Å². The number of hydrogen-bond donors (Lipinski definition) is 2. The molecule has 3 N–H and O–H groups in total. The molecule has 1 aromatic heterocycles. The number of carbonyl (C=O) groups excluding carboxylic acids is 2. The molecular weight excluding hydrogens is 552 g/mol. The van der Waals surface area contributed by atoms with Gasteiger partial charge in [0.15, 0.2) is 11.5 Å². The van der Waals surface area contributed by atoms with Crippen LogP contribution < -0.4 is 11.1 Å². The minimum absolute atomic E-state index is 0.00893. The smallest absolute Gasteiger partial charge is 0.366 e. The molecule has 1 aliphatic carbocycles. The van der Waals surface area contributed by atoms with E-state index < -0.39 is 29.0 Å². The van der Waals surface area contributed by atoms with Crippen LogP contribution in [-0.4, -0.2) is 21.5 Å². The number of amides is 1. The first-order valence-electron chi connectivity index (χ1n) is 10.0. The predicted octanol–water partition coefficient (Wildman–Crippen LogP) is 5.49. The van der Waals surface area contributed by atoms with E-state index in [0.717, 1.165) is 8.25 Å². The van der Waals surface area contributed by atoms with Crippen molar-refractivity contribution in [3.8, 4) is 5.69 Å². The summed E-state index contributed by atoms with van der Waals surface area (Å²) in [6.45, 7) is 3.66. The van der Waals surface area contributed by atoms with E-state index >= 15 is 0 Å². The van der Waals surface area contributed by atoms with Crippen LogP contribution in [0.4, 0.5) is 24.5 Å². The number of fused-ring (bicyclic) bond motifs is 1. The van der Waals surface area contributed by atoms with Crippen LogP contribution in [0.5, 0.6) is 0 Å².